The zero-order chi connectivity index (χ0) is 36.2. The number of benzene rings is 8. The molecule has 9 aromatic rings. The molecule has 1 aromatic heterocycles. The third kappa shape index (κ3) is 5.50. The molecular weight excluding hydrogens is 671 g/mol. The zero-order valence-electron chi connectivity index (χ0n) is 30.4. The molecule has 0 aliphatic carbocycles. The molecule has 0 saturated carbocycles. The average Bonchev–Trinajstić information content (AvgIpc) is 3.73. The topological polar surface area (TPSA) is 4.93 Å². The molecule has 0 saturated heterocycles. The van der Waals surface area contributed by atoms with Crippen molar-refractivity contribution in [3.05, 3.63) is 200 Å². The van der Waals surface area contributed by atoms with Gasteiger partial charge in [-0.15, -0.1) is 0 Å². The highest BCUT2D eigenvalue weighted by atomic mass is 32.3. The molecule has 0 spiro atoms. The number of hydrogen-bond donors (Lipinski definition) is 0. The molecule has 2 heterocycles. The van der Waals surface area contributed by atoms with Crippen LogP contribution in [0.4, 0.5) is 0 Å². The van der Waals surface area contributed by atoms with E-state index in [1.54, 1.807) is 0 Å². The molecule has 0 atom stereocenters. The molecule has 0 unspecified atom stereocenters. The Labute approximate surface area is 319 Å². The maximum Gasteiger partial charge on any atom is 0.0535 e. The maximum absolute atomic E-state index is 2.46. The normalized spacial score (nSPS) is 13.4. The summed E-state index contributed by atoms with van der Waals surface area (Å²) in [6.07, 6.45) is 7.27. The van der Waals surface area contributed by atoms with Gasteiger partial charge in [-0.3, -0.25) is 0 Å². The lowest BCUT2D eigenvalue weighted by Gasteiger charge is -2.29. The van der Waals surface area contributed by atoms with E-state index in [0.29, 0.717) is 0 Å². The van der Waals surface area contributed by atoms with Gasteiger partial charge in [-0.05, 0) is 104 Å². The molecule has 258 valence electrons. The van der Waals surface area contributed by atoms with Crippen LogP contribution in [0.3, 0.4) is 0 Å². The lowest BCUT2D eigenvalue weighted by atomic mass is 9.97. The van der Waals surface area contributed by atoms with Crippen molar-refractivity contribution in [2.75, 3.05) is 12.5 Å². The van der Waals surface area contributed by atoms with E-state index >= 15 is 0 Å². The predicted octanol–water partition coefficient (Wildman–Crippen LogP) is 14.4. The van der Waals surface area contributed by atoms with E-state index < -0.39 is 10.0 Å². The Morgan fingerprint density at radius 2 is 0.741 bits per heavy atom. The van der Waals surface area contributed by atoms with Crippen LogP contribution in [0, 0.1) is 0 Å². The van der Waals surface area contributed by atoms with Gasteiger partial charge in [-0.1, -0.05) is 164 Å². The molecule has 54 heavy (non-hydrogen) atoms. The second-order valence-electron chi connectivity index (χ2n) is 14.6. The van der Waals surface area contributed by atoms with Gasteiger partial charge in [0.2, 0.25) is 0 Å². The highest BCUT2D eigenvalue weighted by molar-refractivity contribution is 8.33. The first-order valence-corrected chi connectivity index (χ1v) is 21.0. The minimum absolute atomic E-state index is 1.20. The van der Waals surface area contributed by atoms with Gasteiger partial charge in [0.25, 0.3) is 0 Å². The third-order valence-electron chi connectivity index (χ3n) is 11.2. The predicted molar refractivity (Wildman–Crippen MR) is 232 cm³/mol. The second-order valence-corrected chi connectivity index (χ2v) is 18.1. The van der Waals surface area contributed by atoms with Crippen molar-refractivity contribution < 1.29 is 0 Å². The number of hydrogen-bond acceptors (Lipinski definition) is 0. The fourth-order valence-electron chi connectivity index (χ4n) is 8.21. The van der Waals surface area contributed by atoms with E-state index in [0.717, 1.165) is 0 Å². The molecule has 1 aliphatic rings. The lowest BCUT2D eigenvalue weighted by molar-refractivity contribution is 1.12. The van der Waals surface area contributed by atoms with E-state index in [-0.39, 0.29) is 0 Å². The summed E-state index contributed by atoms with van der Waals surface area (Å²) in [5.74, 6) is 0. The first-order valence-electron chi connectivity index (χ1n) is 18.6. The Balaban J connectivity index is 1.08. The Hall–Kier alpha value is -6.35. The van der Waals surface area contributed by atoms with Gasteiger partial charge in [-0.2, -0.15) is 10.0 Å². The summed E-state index contributed by atoms with van der Waals surface area (Å²) >= 11 is 0. The summed E-state index contributed by atoms with van der Waals surface area (Å²) in [6.45, 7) is 0. The van der Waals surface area contributed by atoms with Gasteiger partial charge < -0.3 is 4.57 Å². The highest BCUT2D eigenvalue weighted by Crippen LogP contribution is 2.68. The van der Waals surface area contributed by atoms with E-state index in [9.17, 15) is 0 Å². The van der Waals surface area contributed by atoms with Gasteiger partial charge in [-0.25, -0.2) is 0 Å². The summed E-state index contributed by atoms with van der Waals surface area (Å²) in [6, 6.07) is 71.2. The summed E-state index contributed by atoms with van der Waals surface area (Å²) in [5, 5.41) is 1.25. The van der Waals surface area contributed by atoms with Gasteiger partial charge in [0.1, 0.15) is 0 Å². The van der Waals surface area contributed by atoms with Crippen LogP contribution in [0.15, 0.2) is 210 Å². The summed E-state index contributed by atoms with van der Waals surface area (Å²) < 4.78 is 2.41. The van der Waals surface area contributed by atoms with E-state index in [2.05, 4.69) is 217 Å². The van der Waals surface area contributed by atoms with Crippen LogP contribution >= 0.6 is 10.0 Å². The van der Waals surface area contributed by atoms with Crippen LogP contribution in [-0.2, 0) is 0 Å². The van der Waals surface area contributed by atoms with E-state index in [1.165, 1.54) is 93.1 Å². The first kappa shape index (κ1) is 32.3. The van der Waals surface area contributed by atoms with Gasteiger partial charge in [0.15, 0.2) is 0 Å². The van der Waals surface area contributed by atoms with Gasteiger partial charge in [0, 0.05) is 32.6 Å². The number of nitrogens with zero attached hydrogens (tertiary/aromatic N) is 1. The molecular formula is C52H39NS. The van der Waals surface area contributed by atoms with E-state index in [4.69, 9.17) is 0 Å². The van der Waals surface area contributed by atoms with Crippen molar-refractivity contribution in [2.24, 2.45) is 0 Å². The number of rotatable bonds is 6. The Kier molecular flexibility index (Phi) is 7.75. The number of aromatic nitrogens is 1. The standard InChI is InChI=1S/C52H39NS/c1-54(2)51-33-44(38-16-10-5-11-17-38)26-29-46(51)47-30-28-45(34-52(47)54)53-35-49(42-24-22-40(23-25-42)37-14-8-4-9-15-37)48-32-43(27-31-50(48)53)41-20-18-39(19-21-41)36-12-6-3-7-13-36/h3-35H,1-2H3. The van der Waals surface area contributed by atoms with Crippen molar-refractivity contribution in [3.63, 3.8) is 0 Å². The van der Waals surface area contributed by atoms with Crippen LogP contribution in [0.5, 0.6) is 0 Å². The third-order valence-corrected chi connectivity index (χ3v) is 14.0. The Morgan fingerprint density at radius 1 is 0.333 bits per heavy atom. The van der Waals surface area contributed by atoms with Crippen LogP contribution in [0.25, 0.3) is 83.4 Å². The van der Waals surface area contributed by atoms with Gasteiger partial charge >= 0.3 is 0 Å². The fourth-order valence-corrected chi connectivity index (χ4v) is 10.7. The van der Waals surface area contributed by atoms with E-state index in [1.807, 2.05) is 0 Å². The molecule has 0 fully saturated rings. The molecule has 0 bridgehead atoms. The minimum Gasteiger partial charge on any atom is -0.316 e. The molecule has 0 N–H and O–H groups in total. The smallest absolute Gasteiger partial charge is 0.0535 e. The minimum atomic E-state index is -1.24. The lowest BCUT2D eigenvalue weighted by Crippen LogP contribution is -1.96. The second kappa shape index (κ2) is 12.9. The van der Waals surface area contributed by atoms with Crippen molar-refractivity contribution in [3.8, 4) is 72.4 Å². The molecule has 2 heteroatoms. The average molecular weight is 710 g/mol. The monoisotopic (exact) mass is 709 g/mol. The summed E-state index contributed by atoms with van der Waals surface area (Å²) in [4.78, 5) is 2.92. The van der Waals surface area contributed by atoms with Crippen LogP contribution in [0.2, 0.25) is 0 Å². The molecule has 10 rings (SSSR count). The zero-order valence-corrected chi connectivity index (χ0v) is 31.2. The van der Waals surface area contributed by atoms with Crippen molar-refractivity contribution in [1.29, 1.82) is 0 Å². The first-order chi connectivity index (χ1) is 26.5. The molecule has 1 aliphatic heterocycles. The van der Waals surface area contributed by atoms with Crippen LogP contribution < -0.4 is 0 Å². The Bertz CT molecular complexity index is 2800. The Morgan fingerprint density at radius 3 is 1.31 bits per heavy atom. The van der Waals surface area contributed by atoms with Crippen molar-refractivity contribution in [1.82, 2.24) is 4.57 Å². The van der Waals surface area contributed by atoms with Crippen LogP contribution in [0.1, 0.15) is 0 Å². The molecule has 1 nitrogen and oxygen atoms in total. The largest absolute Gasteiger partial charge is 0.316 e. The summed E-state index contributed by atoms with van der Waals surface area (Å²) in [5.41, 5.74) is 17.5. The quantitative estimate of drug-likeness (QED) is 0.162. The number of fused-ring (bicyclic) bond motifs is 4. The molecule has 0 radical (unpaired) electrons. The SMILES string of the molecule is CS1(C)c2cc(-c3ccccc3)ccc2-c2ccc(-n3cc(-c4ccc(-c5ccccc5)cc4)c4cc(-c5ccc(-c6ccccc6)cc5)ccc43)cc21. The maximum atomic E-state index is 2.46. The highest BCUT2D eigenvalue weighted by Gasteiger charge is 2.32. The summed E-state index contributed by atoms with van der Waals surface area (Å²) in [7, 11) is -1.24. The van der Waals surface area contributed by atoms with Crippen molar-refractivity contribution in [2.45, 2.75) is 9.79 Å². The van der Waals surface area contributed by atoms with Crippen LogP contribution in [-0.4, -0.2) is 17.1 Å². The van der Waals surface area contributed by atoms with Crippen molar-refractivity contribution >= 4 is 20.9 Å². The molecule has 0 amide bonds. The molecule has 8 aromatic carbocycles. The van der Waals surface area contributed by atoms with Gasteiger partial charge in [0.05, 0.1) is 5.52 Å². The fraction of sp³-hybridized carbons (Fsp3) is 0.0385.